The summed E-state index contributed by atoms with van der Waals surface area (Å²) in [7, 11) is 4.15. The van der Waals surface area contributed by atoms with E-state index in [4.69, 9.17) is 0 Å². The minimum absolute atomic E-state index is 0. The monoisotopic (exact) mass is 300 g/mol. The quantitative estimate of drug-likeness (QED) is 0.904. The van der Waals surface area contributed by atoms with Crippen molar-refractivity contribution in [2.24, 2.45) is 7.05 Å². The molecule has 1 fully saturated rings. The van der Waals surface area contributed by atoms with Gasteiger partial charge < -0.3 is 5.32 Å². The Kier molecular flexibility index (Phi) is 7.00. The van der Waals surface area contributed by atoms with E-state index >= 15 is 0 Å². The van der Waals surface area contributed by atoms with Crippen molar-refractivity contribution in [3.63, 3.8) is 0 Å². The lowest BCUT2D eigenvalue weighted by atomic mass is 10.0. The van der Waals surface area contributed by atoms with Gasteiger partial charge in [0.15, 0.2) is 0 Å². The van der Waals surface area contributed by atoms with Crippen LogP contribution in [0.4, 0.5) is 0 Å². The van der Waals surface area contributed by atoms with E-state index in [1.165, 1.54) is 36.3 Å². The summed E-state index contributed by atoms with van der Waals surface area (Å²) < 4.78 is 2.08. The second-order valence-electron chi connectivity index (χ2n) is 5.57. The Morgan fingerprint density at radius 2 is 2.05 bits per heavy atom. The fraction of sp³-hybridized carbons (Fsp3) is 0.800. The summed E-state index contributed by atoms with van der Waals surface area (Å²) >= 11 is 0. The second-order valence-corrected chi connectivity index (χ2v) is 5.57. The van der Waals surface area contributed by atoms with Crippen LogP contribution in [-0.2, 0) is 26.4 Å². The maximum absolute atomic E-state index is 4.68. The van der Waals surface area contributed by atoms with Gasteiger partial charge in [-0.05, 0) is 39.3 Å². The lowest BCUT2D eigenvalue weighted by molar-refractivity contribution is 0.187. The van der Waals surface area contributed by atoms with Crippen LogP contribution >= 0.6 is 12.4 Å². The first-order valence-electron chi connectivity index (χ1n) is 7.62. The average molecular weight is 301 g/mol. The number of hydrogen-bond acceptors (Lipinski definition) is 3. The van der Waals surface area contributed by atoms with Gasteiger partial charge in [-0.2, -0.15) is 5.10 Å². The molecule has 1 saturated heterocycles. The minimum Gasteiger partial charge on any atom is -0.316 e. The third-order valence-corrected chi connectivity index (χ3v) is 4.32. The number of nitrogens with one attached hydrogen (secondary N) is 1. The lowest BCUT2D eigenvalue weighted by Crippen LogP contribution is -2.44. The maximum Gasteiger partial charge on any atom is 0.0669 e. The Hall–Kier alpha value is -0.580. The highest BCUT2D eigenvalue weighted by atomic mass is 35.5. The van der Waals surface area contributed by atoms with Crippen LogP contribution in [-0.4, -0.2) is 40.9 Å². The molecule has 0 aromatic carbocycles. The molecule has 0 amide bonds. The average Bonchev–Trinajstić information content (AvgIpc) is 2.74. The van der Waals surface area contributed by atoms with E-state index in [1.54, 1.807) is 0 Å². The number of nitrogens with zero attached hydrogens (tertiary/aromatic N) is 3. The molecule has 1 unspecified atom stereocenters. The molecule has 5 heteroatoms. The van der Waals surface area contributed by atoms with Gasteiger partial charge in [0, 0.05) is 37.4 Å². The molecule has 116 valence electrons. The number of aromatic nitrogens is 2. The molecule has 4 nitrogen and oxygen atoms in total. The topological polar surface area (TPSA) is 33.1 Å². The van der Waals surface area contributed by atoms with Crippen molar-refractivity contribution in [3.8, 4) is 0 Å². The molecule has 1 atom stereocenters. The number of rotatable bonds is 5. The standard InChI is InChI=1S/C15H28N4.ClH/c1-5-14-13(15(6-2)18(4)17-14)11-19-9-7-8-12(10-19)16-3;/h12,16H,5-11H2,1-4H3;1H. The van der Waals surface area contributed by atoms with Crippen LogP contribution in [0.5, 0.6) is 0 Å². The van der Waals surface area contributed by atoms with Gasteiger partial charge in [0.2, 0.25) is 0 Å². The number of aryl methyl sites for hydroxylation is 2. The fourth-order valence-corrected chi connectivity index (χ4v) is 3.23. The van der Waals surface area contributed by atoms with Crippen LogP contribution in [0.25, 0.3) is 0 Å². The van der Waals surface area contributed by atoms with Crippen LogP contribution in [0.15, 0.2) is 0 Å². The summed E-state index contributed by atoms with van der Waals surface area (Å²) in [4.78, 5) is 2.58. The van der Waals surface area contributed by atoms with E-state index in [-0.39, 0.29) is 12.4 Å². The normalized spacial score (nSPS) is 19.9. The van der Waals surface area contributed by atoms with E-state index in [0.29, 0.717) is 6.04 Å². The molecule has 1 aliphatic rings. The molecule has 2 rings (SSSR count). The van der Waals surface area contributed by atoms with Gasteiger partial charge in [0.05, 0.1) is 5.69 Å². The smallest absolute Gasteiger partial charge is 0.0669 e. The maximum atomic E-state index is 4.68. The predicted molar refractivity (Wildman–Crippen MR) is 86.6 cm³/mol. The highest BCUT2D eigenvalue weighted by Crippen LogP contribution is 2.20. The van der Waals surface area contributed by atoms with Gasteiger partial charge >= 0.3 is 0 Å². The molecule has 20 heavy (non-hydrogen) atoms. The molecule has 0 saturated carbocycles. The van der Waals surface area contributed by atoms with Gasteiger partial charge in [0.25, 0.3) is 0 Å². The lowest BCUT2D eigenvalue weighted by Gasteiger charge is -2.32. The summed E-state index contributed by atoms with van der Waals surface area (Å²) in [5.41, 5.74) is 4.17. The molecule has 1 aromatic rings. The molecule has 1 N–H and O–H groups in total. The first kappa shape index (κ1) is 17.5. The van der Waals surface area contributed by atoms with Gasteiger partial charge in [0.1, 0.15) is 0 Å². The zero-order chi connectivity index (χ0) is 13.8. The van der Waals surface area contributed by atoms with E-state index in [1.807, 2.05) is 0 Å². The van der Waals surface area contributed by atoms with Crippen LogP contribution in [0.3, 0.4) is 0 Å². The Morgan fingerprint density at radius 3 is 2.65 bits per heavy atom. The summed E-state index contributed by atoms with van der Waals surface area (Å²) in [5.74, 6) is 0. The van der Waals surface area contributed by atoms with E-state index in [9.17, 15) is 0 Å². The number of hydrogen-bond donors (Lipinski definition) is 1. The number of likely N-dealkylation sites (N-methyl/N-ethyl adjacent to an activating group) is 1. The van der Waals surface area contributed by atoms with Gasteiger partial charge in [-0.15, -0.1) is 12.4 Å². The molecule has 1 aromatic heterocycles. The van der Waals surface area contributed by atoms with Crippen LogP contribution in [0.2, 0.25) is 0 Å². The van der Waals surface area contributed by atoms with Crippen LogP contribution < -0.4 is 5.32 Å². The molecule has 0 spiro atoms. The SMILES string of the molecule is CCc1nn(C)c(CC)c1CN1CCCC(NC)C1.Cl. The van der Waals surface area contributed by atoms with Gasteiger partial charge in [-0.25, -0.2) is 0 Å². The van der Waals surface area contributed by atoms with Crippen LogP contribution in [0, 0.1) is 0 Å². The van der Waals surface area contributed by atoms with Crippen LogP contribution in [0.1, 0.15) is 43.6 Å². The van der Waals surface area contributed by atoms with Crippen molar-refractivity contribution < 1.29 is 0 Å². The summed E-state index contributed by atoms with van der Waals surface area (Å²) in [6, 6.07) is 0.653. The zero-order valence-electron chi connectivity index (χ0n) is 13.3. The third kappa shape index (κ3) is 3.74. The predicted octanol–water partition coefficient (Wildman–Crippen LogP) is 2.15. The summed E-state index contributed by atoms with van der Waals surface area (Å²) in [6.45, 7) is 7.89. The van der Waals surface area contributed by atoms with E-state index in [2.05, 4.69) is 47.9 Å². The molecular weight excluding hydrogens is 272 g/mol. The number of likely N-dealkylation sites (tertiary alicyclic amines) is 1. The van der Waals surface area contributed by atoms with Crippen molar-refractivity contribution in [1.82, 2.24) is 20.0 Å². The Bertz CT molecular complexity index is 416. The molecule has 0 aliphatic carbocycles. The molecule has 0 bridgehead atoms. The third-order valence-electron chi connectivity index (χ3n) is 4.32. The Morgan fingerprint density at radius 1 is 1.30 bits per heavy atom. The number of piperidine rings is 1. The van der Waals surface area contributed by atoms with Crippen molar-refractivity contribution in [1.29, 1.82) is 0 Å². The van der Waals surface area contributed by atoms with Crippen molar-refractivity contribution in [2.75, 3.05) is 20.1 Å². The molecule has 0 radical (unpaired) electrons. The summed E-state index contributed by atoms with van der Waals surface area (Å²) in [5, 5.41) is 8.10. The first-order chi connectivity index (χ1) is 9.19. The summed E-state index contributed by atoms with van der Waals surface area (Å²) in [6.07, 6.45) is 4.71. The van der Waals surface area contributed by atoms with Crippen molar-refractivity contribution >= 4 is 12.4 Å². The molecule has 2 heterocycles. The van der Waals surface area contributed by atoms with Gasteiger partial charge in [-0.3, -0.25) is 9.58 Å². The Balaban J connectivity index is 0.00000200. The van der Waals surface area contributed by atoms with Gasteiger partial charge in [-0.1, -0.05) is 13.8 Å². The second kappa shape index (κ2) is 8.01. The first-order valence-corrected chi connectivity index (χ1v) is 7.62. The highest BCUT2D eigenvalue weighted by molar-refractivity contribution is 5.85. The highest BCUT2D eigenvalue weighted by Gasteiger charge is 2.22. The largest absolute Gasteiger partial charge is 0.316 e. The zero-order valence-corrected chi connectivity index (χ0v) is 14.1. The molecular formula is C15H29ClN4. The van der Waals surface area contributed by atoms with Crippen molar-refractivity contribution in [2.45, 2.75) is 52.1 Å². The van der Waals surface area contributed by atoms with E-state index in [0.717, 1.165) is 25.9 Å². The number of halogens is 1. The minimum atomic E-state index is 0. The van der Waals surface area contributed by atoms with Crippen molar-refractivity contribution in [3.05, 3.63) is 17.0 Å². The fourth-order valence-electron chi connectivity index (χ4n) is 3.23. The molecule has 1 aliphatic heterocycles. The Labute approximate surface area is 129 Å². The van der Waals surface area contributed by atoms with E-state index < -0.39 is 0 Å².